The number of amides is 1. The Bertz CT molecular complexity index is 512. The number of carbonyl (C=O) groups excluding carboxylic acids is 1. The van der Waals surface area contributed by atoms with Crippen LogP contribution in [0.1, 0.15) is 24.5 Å². The molecule has 0 aliphatic rings. The zero-order chi connectivity index (χ0) is 13.8. The van der Waals surface area contributed by atoms with Crippen LogP contribution in [0.15, 0.2) is 0 Å². The molecular weight excluding hydrogens is 278 g/mol. The van der Waals surface area contributed by atoms with Gasteiger partial charge in [-0.15, -0.1) is 10.2 Å². The van der Waals surface area contributed by atoms with Gasteiger partial charge in [0.2, 0.25) is 11.0 Å². The molecule has 9 heteroatoms. The molecule has 7 nitrogen and oxygen atoms in total. The van der Waals surface area contributed by atoms with Crippen LogP contribution in [-0.2, 0) is 19.4 Å². The van der Waals surface area contributed by atoms with Gasteiger partial charge < -0.3 is 10.1 Å². The molecule has 0 fully saturated rings. The van der Waals surface area contributed by atoms with Crippen molar-refractivity contribution in [3.63, 3.8) is 0 Å². The summed E-state index contributed by atoms with van der Waals surface area (Å²) >= 11 is 1.20. The molecule has 0 spiro atoms. The van der Waals surface area contributed by atoms with Crippen molar-refractivity contribution in [3.8, 4) is 0 Å². The van der Waals surface area contributed by atoms with Crippen molar-refractivity contribution in [1.82, 2.24) is 10.2 Å². The van der Waals surface area contributed by atoms with E-state index in [0.29, 0.717) is 10.1 Å². The molecule has 1 heterocycles. The summed E-state index contributed by atoms with van der Waals surface area (Å²) in [6.45, 7) is 1.82. The Morgan fingerprint density at radius 3 is 2.72 bits per heavy atom. The number of aromatic nitrogens is 2. The molecule has 102 valence electrons. The van der Waals surface area contributed by atoms with Gasteiger partial charge in [-0.2, -0.15) is 0 Å². The minimum absolute atomic E-state index is 0.0897. The van der Waals surface area contributed by atoms with Crippen LogP contribution in [0.4, 0.5) is 5.13 Å². The zero-order valence-corrected chi connectivity index (χ0v) is 12.0. The number of nitrogens with one attached hydrogen (secondary N) is 1. The predicted octanol–water partition coefficient (Wildman–Crippen LogP) is 0.619. The Morgan fingerprint density at radius 2 is 2.17 bits per heavy atom. The molecule has 18 heavy (non-hydrogen) atoms. The van der Waals surface area contributed by atoms with Crippen molar-refractivity contribution >= 4 is 32.2 Å². The van der Waals surface area contributed by atoms with Crippen LogP contribution >= 0.6 is 11.3 Å². The number of nitrogens with zero attached hydrogens (tertiary/aromatic N) is 2. The largest absolute Gasteiger partial charge is 0.374 e. The highest BCUT2D eigenvalue weighted by Crippen LogP contribution is 2.23. The molecule has 0 aromatic carbocycles. The molecule has 1 amide bonds. The number of hydrogen-bond donors (Lipinski definition) is 1. The lowest BCUT2D eigenvalue weighted by atomic mass is 10.4. The van der Waals surface area contributed by atoms with Gasteiger partial charge in [0.05, 0.1) is 5.75 Å². The van der Waals surface area contributed by atoms with Gasteiger partial charge >= 0.3 is 0 Å². The number of methoxy groups -OCH3 is 1. The van der Waals surface area contributed by atoms with Gasteiger partial charge in [-0.1, -0.05) is 11.3 Å². The van der Waals surface area contributed by atoms with Crippen LogP contribution in [0.25, 0.3) is 0 Å². The van der Waals surface area contributed by atoms with Crippen LogP contribution in [0.5, 0.6) is 0 Å². The van der Waals surface area contributed by atoms with Crippen molar-refractivity contribution in [2.45, 2.75) is 19.4 Å². The number of carbonyl (C=O) groups is 1. The second kappa shape index (κ2) is 6.21. The first kappa shape index (κ1) is 15.0. The first-order valence-electron chi connectivity index (χ1n) is 5.15. The monoisotopic (exact) mass is 293 g/mol. The van der Waals surface area contributed by atoms with E-state index in [4.69, 9.17) is 4.74 Å². The molecule has 0 saturated heterocycles. The van der Waals surface area contributed by atoms with E-state index in [-0.39, 0.29) is 18.3 Å². The number of anilines is 1. The summed E-state index contributed by atoms with van der Waals surface area (Å²) in [5.41, 5.74) is 0. The highest BCUT2D eigenvalue weighted by atomic mass is 32.2. The Labute approximate surface area is 109 Å². The fourth-order valence-corrected chi connectivity index (χ4v) is 2.35. The summed E-state index contributed by atoms with van der Waals surface area (Å²) in [5, 5.41) is 11.1. The zero-order valence-electron chi connectivity index (χ0n) is 10.3. The van der Waals surface area contributed by atoms with E-state index in [1.54, 1.807) is 7.11 Å². The topological polar surface area (TPSA) is 98.2 Å². The number of ether oxygens (including phenoxy) is 1. The van der Waals surface area contributed by atoms with Crippen LogP contribution in [-0.4, -0.2) is 43.6 Å². The summed E-state index contributed by atoms with van der Waals surface area (Å²) in [6, 6.07) is 0. The molecule has 0 bridgehead atoms. The molecule has 1 aromatic rings. The smallest absolute Gasteiger partial charge is 0.227 e. The summed E-state index contributed by atoms with van der Waals surface area (Å²) in [5.74, 6) is -0.577. The molecule has 0 saturated carbocycles. The lowest BCUT2D eigenvalue weighted by Gasteiger charge is -2.02. The maximum absolute atomic E-state index is 11.4. The Morgan fingerprint density at radius 1 is 1.50 bits per heavy atom. The van der Waals surface area contributed by atoms with Crippen molar-refractivity contribution in [2.24, 2.45) is 0 Å². The summed E-state index contributed by atoms with van der Waals surface area (Å²) < 4.78 is 26.9. The molecule has 1 aromatic heterocycles. The van der Waals surface area contributed by atoms with Crippen LogP contribution in [0.3, 0.4) is 0 Å². The molecular formula is C9H15N3O4S2. The Balaban J connectivity index is 2.52. The van der Waals surface area contributed by atoms with E-state index < -0.39 is 15.7 Å². The highest BCUT2D eigenvalue weighted by Gasteiger charge is 2.14. The fraction of sp³-hybridized carbons (Fsp3) is 0.667. The average molecular weight is 293 g/mol. The molecule has 0 aliphatic heterocycles. The van der Waals surface area contributed by atoms with Crippen molar-refractivity contribution in [2.75, 3.05) is 24.4 Å². The first-order chi connectivity index (χ1) is 8.31. The van der Waals surface area contributed by atoms with Gasteiger partial charge in [0.1, 0.15) is 20.9 Å². The maximum atomic E-state index is 11.4. The molecule has 1 rings (SSSR count). The van der Waals surface area contributed by atoms with Gasteiger partial charge in [-0.25, -0.2) is 8.42 Å². The number of hydrogen-bond acceptors (Lipinski definition) is 7. The summed E-state index contributed by atoms with van der Waals surface area (Å²) in [4.78, 5) is 11.4. The molecule has 1 N–H and O–H groups in total. The fourth-order valence-electron chi connectivity index (χ4n) is 1.01. The van der Waals surface area contributed by atoms with Crippen LogP contribution in [0, 0.1) is 0 Å². The van der Waals surface area contributed by atoms with E-state index in [2.05, 4.69) is 15.5 Å². The van der Waals surface area contributed by atoms with Crippen molar-refractivity contribution in [1.29, 1.82) is 0 Å². The predicted molar refractivity (Wildman–Crippen MR) is 68.3 cm³/mol. The van der Waals surface area contributed by atoms with E-state index in [1.807, 2.05) is 6.92 Å². The van der Waals surface area contributed by atoms with Gasteiger partial charge in [-0.3, -0.25) is 4.79 Å². The van der Waals surface area contributed by atoms with E-state index in [0.717, 1.165) is 6.26 Å². The minimum Gasteiger partial charge on any atom is -0.374 e. The standard InChI is InChI=1S/C9H15N3O4S2/c1-6(16-2)8-11-12-9(17-8)10-7(13)4-5-18(3,14)15/h6H,4-5H2,1-3H3,(H,10,12,13). The van der Waals surface area contributed by atoms with E-state index in [9.17, 15) is 13.2 Å². The minimum atomic E-state index is -3.14. The first-order valence-corrected chi connectivity index (χ1v) is 8.03. The highest BCUT2D eigenvalue weighted by molar-refractivity contribution is 7.90. The van der Waals surface area contributed by atoms with Gasteiger partial charge in [0.25, 0.3) is 0 Å². The van der Waals surface area contributed by atoms with Crippen molar-refractivity contribution < 1.29 is 17.9 Å². The molecule has 0 aliphatic carbocycles. The Hall–Kier alpha value is -1.06. The third-order valence-electron chi connectivity index (χ3n) is 2.09. The Kier molecular flexibility index (Phi) is 5.17. The SMILES string of the molecule is COC(C)c1nnc(NC(=O)CCS(C)(=O)=O)s1. The lowest BCUT2D eigenvalue weighted by Crippen LogP contribution is -2.16. The third-order valence-corrected chi connectivity index (χ3v) is 4.03. The molecule has 1 atom stereocenters. The summed E-state index contributed by atoms with van der Waals surface area (Å²) in [7, 11) is -1.59. The lowest BCUT2D eigenvalue weighted by molar-refractivity contribution is -0.115. The second-order valence-corrected chi connectivity index (χ2v) is 7.02. The third kappa shape index (κ3) is 5.07. The van der Waals surface area contributed by atoms with Crippen LogP contribution < -0.4 is 5.32 Å². The van der Waals surface area contributed by atoms with Crippen LogP contribution in [0.2, 0.25) is 0 Å². The second-order valence-electron chi connectivity index (χ2n) is 3.75. The van der Waals surface area contributed by atoms with E-state index in [1.165, 1.54) is 11.3 Å². The molecule has 0 radical (unpaired) electrons. The number of rotatable bonds is 6. The van der Waals surface area contributed by atoms with Gasteiger partial charge in [-0.05, 0) is 6.92 Å². The maximum Gasteiger partial charge on any atom is 0.227 e. The van der Waals surface area contributed by atoms with Gasteiger partial charge in [0.15, 0.2) is 0 Å². The normalized spacial score (nSPS) is 13.3. The van der Waals surface area contributed by atoms with E-state index >= 15 is 0 Å². The summed E-state index contributed by atoms with van der Waals surface area (Å²) in [6.07, 6.45) is 0.807. The quantitative estimate of drug-likeness (QED) is 0.825. The average Bonchev–Trinajstić information content (AvgIpc) is 2.73. The number of sulfone groups is 1. The van der Waals surface area contributed by atoms with Crippen molar-refractivity contribution in [3.05, 3.63) is 5.01 Å². The molecule has 1 unspecified atom stereocenters. The van der Waals surface area contributed by atoms with Gasteiger partial charge in [0, 0.05) is 19.8 Å².